The number of carbonyl (C=O) groups is 1. The number of carbonyl (C=O) groups excluding carboxylic acids is 1. The minimum absolute atomic E-state index is 0.204. The molecule has 0 radical (unpaired) electrons. The Kier molecular flexibility index (Phi) is 3.88. The van der Waals surface area contributed by atoms with Gasteiger partial charge in [-0.15, -0.1) is 0 Å². The Balaban J connectivity index is 2.38. The quantitative estimate of drug-likeness (QED) is 0.879. The van der Waals surface area contributed by atoms with Gasteiger partial charge in [0, 0.05) is 0 Å². The van der Waals surface area contributed by atoms with Gasteiger partial charge in [-0.25, -0.2) is 8.42 Å². The van der Waals surface area contributed by atoms with Gasteiger partial charge in [-0.1, -0.05) is 30.5 Å². The zero-order valence-corrected chi connectivity index (χ0v) is 12.6. The number of nitrogens with one attached hydrogen (secondary N) is 1. The molecule has 3 N–H and O–H groups in total. The number of nitrogens with two attached hydrogens (primary N) is 1. The van der Waals surface area contributed by atoms with Crippen LogP contribution in [-0.2, 0) is 14.8 Å². The SMILES string of the molecule is Cc1ccc(S(=O)(=O)NC2(C(N)=O)CCCC2)c(C)c1. The van der Waals surface area contributed by atoms with Crippen LogP contribution in [0.3, 0.4) is 0 Å². The summed E-state index contributed by atoms with van der Waals surface area (Å²) in [6.45, 7) is 3.64. The van der Waals surface area contributed by atoms with E-state index in [0.29, 0.717) is 18.4 Å². The predicted octanol–water partition coefficient (Wildman–Crippen LogP) is 1.38. The van der Waals surface area contributed by atoms with E-state index in [1.165, 1.54) is 0 Å². The van der Waals surface area contributed by atoms with Crippen molar-refractivity contribution >= 4 is 15.9 Å². The Bertz CT molecular complexity index is 632. The van der Waals surface area contributed by atoms with E-state index in [4.69, 9.17) is 5.73 Å². The van der Waals surface area contributed by atoms with Gasteiger partial charge >= 0.3 is 0 Å². The van der Waals surface area contributed by atoms with Gasteiger partial charge in [0.25, 0.3) is 0 Å². The minimum atomic E-state index is -3.75. The number of sulfonamides is 1. The van der Waals surface area contributed by atoms with Crippen LogP contribution in [0.15, 0.2) is 23.1 Å². The normalized spacial score (nSPS) is 18.1. The van der Waals surface area contributed by atoms with Crippen molar-refractivity contribution < 1.29 is 13.2 Å². The van der Waals surface area contributed by atoms with Crippen molar-refractivity contribution in [1.29, 1.82) is 0 Å². The molecule has 5 nitrogen and oxygen atoms in total. The van der Waals surface area contributed by atoms with Crippen LogP contribution in [0.1, 0.15) is 36.8 Å². The van der Waals surface area contributed by atoms with Crippen molar-refractivity contribution in [2.24, 2.45) is 5.73 Å². The topological polar surface area (TPSA) is 89.3 Å². The second-order valence-electron chi connectivity index (χ2n) is 5.53. The molecule has 0 spiro atoms. The summed E-state index contributed by atoms with van der Waals surface area (Å²) < 4.78 is 27.6. The van der Waals surface area contributed by atoms with Crippen molar-refractivity contribution in [3.63, 3.8) is 0 Å². The summed E-state index contributed by atoms with van der Waals surface area (Å²) in [6.07, 6.45) is 2.54. The highest BCUT2D eigenvalue weighted by molar-refractivity contribution is 7.89. The number of hydrogen-bond acceptors (Lipinski definition) is 3. The van der Waals surface area contributed by atoms with Crippen molar-refractivity contribution in [3.8, 4) is 0 Å². The predicted molar refractivity (Wildman–Crippen MR) is 76.6 cm³/mol. The third-order valence-corrected chi connectivity index (χ3v) is 5.58. The van der Waals surface area contributed by atoms with Crippen LogP contribution in [-0.4, -0.2) is 19.9 Å². The van der Waals surface area contributed by atoms with E-state index in [0.717, 1.165) is 18.4 Å². The molecule has 0 saturated heterocycles. The first-order valence-electron chi connectivity index (χ1n) is 6.68. The molecule has 0 aromatic heterocycles. The maximum atomic E-state index is 12.5. The Labute approximate surface area is 119 Å². The largest absolute Gasteiger partial charge is 0.368 e. The highest BCUT2D eigenvalue weighted by atomic mass is 32.2. The lowest BCUT2D eigenvalue weighted by Crippen LogP contribution is -2.55. The molecule has 1 saturated carbocycles. The lowest BCUT2D eigenvalue weighted by molar-refractivity contribution is -0.123. The first kappa shape index (κ1) is 15.0. The van der Waals surface area contributed by atoms with E-state index < -0.39 is 21.5 Å². The van der Waals surface area contributed by atoms with Crippen molar-refractivity contribution in [2.75, 3.05) is 0 Å². The van der Waals surface area contributed by atoms with Gasteiger partial charge < -0.3 is 5.73 Å². The third-order valence-electron chi connectivity index (χ3n) is 3.88. The third kappa shape index (κ3) is 2.71. The first-order valence-corrected chi connectivity index (χ1v) is 8.16. The second-order valence-corrected chi connectivity index (χ2v) is 7.18. The zero-order valence-electron chi connectivity index (χ0n) is 11.8. The molecular weight excluding hydrogens is 276 g/mol. The van der Waals surface area contributed by atoms with Gasteiger partial charge in [0.05, 0.1) is 4.90 Å². The number of benzene rings is 1. The fraction of sp³-hybridized carbons (Fsp3) is 0.500. The molecule has 1 aromatic carbocycles. The van der Waals surface area contributed by atoms with Gasteiger partial charge in [0.1, 0.15) is 5.54 Å². The van der Waals surface area contributed by atoms with Crippen LogP contribution < -0.4 is 10.5 Å². The summed E-state index contributed by atoms with van der Waals surface area (Å²) in [5.74, 6) is -0.594. The Morgan fingerprint density at radius 1 is 1.25 bits per heavy atom. The Morgan fingerprint density at radius 3 is 2.35 bits per heavy atom. The van der Waals surface area contributed by atoms with Gasteiger partial charge in [-0.2, -0.15) is 4.72 Å². The Morgan fingerprint density at radius 2 is 1.85 bits per heavy atom. The van der Waals surface area contributed by atoms with Crippen molar-refractivity contribution in [3.05, 3.63) is 29.3 Å². The van der Waals surface area contributed by atoms with Gasteiger partial charge in [0.2, 0.25) is 15.9 Å². The van der Waals surface area contributed by atoms with Crippen LogP contribution in [0.2, 0.25) is 0 Å². The molecule has 0 unspecified atom stereocenters. The summed E-state index contributed by atoms with van der Waals surface area (Å²) in [6, 6.07) is 5.12. The Hall–Kier alpha value is -1.40. The van der Waals surface area contributed by atoms with E-state index in [9.17, 15) is 13.2 Å². The molecule has 20 heavy (non-hydrogen) atoms. The number of primary amides is 1. The molecule has 1 fully saturated rings. The number of rotatable bonds is 4. The molecule has 0 bridgehead atoms. The van der Waals surface area contributed by atoms with E-state index >= 15 is 0 Å². The molecule has 1 aromatic rings. The summed E-state index contributed by atoms with van der Waals surface area (Å²) in [5.41, 5.74) is 5.94. The minimum Gasteiger partial charge on any atom is -0.368 e. The number of amides is 1. The summed E-state index contributed by atoms with van der Waals surface area (Å²) in [7, 11) is -3.75. The maximum absolute atomic E-state index is 12.5. The van der Waals surface area contributed by atoms with Crippen LogP contribution in [0, 0.1) is 13.8 Å². The van der Waals surface area contributed by atoms with E-state index in [2.05, 4.69) is 4.72 Å². The maximum Gasteiger partial charge on any atom is 0.241 e. The van der Waals surface area contributed by atoms with Crippen molar-refractivity contribution in [1.82, 2.24) is 4.72 Å². The fourth-order valence-electron chi connectivity index (χ4n) is 2.79. The van der Waals surface area contributed by atoms with Crippen LogP contribution in [0.25, 0.3) is 0 Å². The highest BCUT2D eigenvalue weighted by Crippen LogP contribution is 2.31. The second kappa shape index (κ2) is 5.18. The van der Waals surface area contributed by atoms with Crippen molar-refractivity contribution in [2.45, 2.75) is 50.0 Å². The molecule has 110 valence electrons. The molecule has 1 aliphatic carbocycles. The lowest BCUT2D eigenvalue weighted by Gasteiger charge is -2.26. The molecule has 2 rings (SSSR count). The number of aryl methyl sites for hydroxylation is 2. The first-order chi connectivity index (χ1) is 9.27. The van der Waals surface area contributed by atoms with Crippen LogP contribution >= 0.6 is 0 Å². The number of hydrogen-bond donors (Lipinski definition) is 2. The fourth-order valence-corrected chi connectivity index (χ4v) is 4.45. The van der Waals surface area contributed by atoms with Gasteiger partial charge in [-0.3, -0.25) is 4.79 Å². The van der Waals surface area contributed by atoms with Gasteiger partial charge in [0.15, 0.2) is 0 Å². The highest BCUT2D eigenvalue weighted by Gasteiger charge is 2.43. The molecule has 0 heterocycles. The molecule has 0 aliphatic heterocycles. The summed E-state index contributed by atoms with van der Waals surface area (Å²) in [5, 5.41) is 0. The summed E-state index contributed by atoms with van der Waals surface area (Å²) >= 11 is 0. The lowest BCUT2D eigenvalue weighted by atomic mass is 9.99. The molecular formula is C14H20N2O3S. The monoisotopic (exact) mass is 296 g/mol. The molecule has 0 atom stereocenters. The average molecular weight is 296 g/mol. The standard InChI is InChI=1S/C14H20N2O3S/c1-10-5-6-12(11(2)9-10)20(18,19)16-14(13(15)17)7-3-4-8-14/h5-6,9,16H,3-4,7-8H2,1-2H3,(H2,15,17). The zero-order chi connectivity index (χ0) is 15.0. The summed E-state index contributed by atoms with van der Waals surface area (Å²) in [4.78, 5) is 11.9. The molecule has 1 aliphatic rings. The van der Waals surface area contributed by atoms with Crippen LogP contribution in [0.5, 0.6) is 0 Å². The van der Waals surface area contributed by atoms with Crippen LogP contribution in [0.4, 0.5) is 0 Å². The van der Waals surface area contributed by atoms with E-state index in [1.54, 1.807) is 25.1 Å². The molecule has 6 heteroatoms. The average Bonchev–Trinajstić information content (AvgIpc) is 2.77. The smallest absolute Gasteiger partial charge is 0.241 e. The molecule has 1 amide bonds. The van der Waals surface area contributed by atoms with E-state index in [1.807, 2.05) is 6.92 Å². The van der Waals surface area contributed by atoms with Gasteiger partial charge in [-0.05, 0) is 38.3 Å². The van der Waals surface area contributed by atoms with E-state index in [-0.39, 0.29) is 4.90 Å².